The van der Waals surface area contributed by atoms with Crippen LogP contribution in [0.5, 0.6) is 5.75 Å². The Balaban J connectivity index is 3.29. The van der Waals surface area contributed by atoms with Crippen LogP contribution in [0.2, 0.25) is 0 Å². The van der Waals surface area contributed by atoms with Crippen LogP contribution in [0, 0.1) is 5.82 Å². The molecule has 0 spiro atoms. The van der Waals surface area contributed by atoms with Crippen molar-refractivity contribution in [2.75, 3.05) is 13.7 Å². The molecule has 3 heteroatoms. The van der Waals surface area contributed by atoms with E-state index in [-0.39, 0.29) is 11.2 Å². The first kappa shape index (κ1) is 12.0. The van der Waals surface area contributed by atoms with Gasteiger partial charge in [-0.2, -0.15) is 0 Å². The van der Waals surface area contributed by atoms with Crippen molar-refractivity contribution in [1.82, 2.24) is 0 Å². The summed E-state index contributed by atoms with van der Waals surface area (Å²) in [5.74, 6) is -0.0181. The van der Waals surface area contributed by atoms with Gasteiger partial charge in [0.1, 0.15) is 0 Å². The lowest BCUT2D eigenvalue weighted by Crippen LogP contribution is -2.31. The number of nitrogens with two attached hydrogens (primary N) is 1. The number of ether oxygens (including phenoxy) is 1. The third kappa shape index (κ3) is 2.12. The lowest BCUT2D eigenvalue weighted by atomic mass is 9.79. The molecule has 2 nitrogen and oxygen atoms in total. The average molecular weight is 211 g/mol. The van der Waals surface area contributed by atoms with Crippen molar-refractivity contribution in [1.29, 1.82) is 0 Å². The van der Waals surface area contributed by atoms with E-state index in [0.29, 0.717) is 12.3 Å². The number of hydrogen-bond donors (Lipinski definition) is 1. The maximum Gasteiger partial charge on any atom is 0.165 e. The van der Waals surface area contributed by atoms with Crippen LogP contribution in [0.1, 0.15) is 25.8 Å². The molecule has 0 amide bonds. The molecule has 1 atom stereocenters. The molecule has 0 aliphatic heterocycles. The fourth-order valence-corrected chi connectivity index (χ4v) is 1.64. The second-order valence-electron chi connectivity index (χ2n) is 3.94. The molecule has 84 valence electrons. The van der Waals surface area contributed by atoms with Gasteiger partial charge in [-0.3, -0.25) is 0 Å². The summed E-state index contributed by atoms with van der Waals surface area (Å²) in [5, 5.41) is 0. The van der Waals surface area contributed by atoms with Gasteiger partial charge in [0.2, 0.25) is 0 Å². The van der Waals surface area contributed by atoms with Crippen molar-refractivity contribution in [2.45, 2.75) is 25.7 Å². The van der Waals surface area contributed by atoms with Crippen LogP contribution in [-0.4, -0.2) is 13.7 Å². The standard InChI is InChI=1S/C12H18FNO/c1-4-12(2,8-14)9-6-5-7-10(13)11(9)15-3/h5-7H,4,8,14H2,1-3H3. The number of rotatable bonds is 4. The van der Waals surface area contributed by atoms with E-state index < -0.39 is 0 Å². The third-order valence-electron chi connectivity index (χ3n) is 3.05. The summed E-state index contributed by atoms with van der Waals surface area (Å²) in [5.41, 5.74) is 6.36. The number of methoxy groups -OCH3 is 1. The Bertz CT molecular complexity index is 334. The minimum absolute atomic E-state index is 0.229. The summed E-state index contributed by atoms with van der Waals surface area (Å²) in [6.45, 7) is 4.53. The van der Waals surface area contributed by atoms with Crippen molar-refractivity contribution >= 4 is 0 Å². The number of benzene rings is 1. The molecule has 0 bridgehead atoms. The Morgan fingerprint density at radius 2 is 2.13 bits per heavy atom. The smallest absolute Gasteiger partial charge is 0.165 e. The minimum Gasteiger partial charge on any atom is -0.493 e. The van der Waals surface area contributed by atoms with Crippen molar-refractivity contribution in [3.63, 3.8) is 0 Å². The van der Waals surface area contributed by atoms with Gasteiger partial charge < -0.3 is 10.5 Å². The van der Waals surface area contributed by atoms with Gasteiger partial charge in [0.25, 0.3) is 0 Å². The normalized spacial score (nSPS) is 14.7. The molecule has 0 saturated heterocycles. The van der Waals surface area contributed by atoms with E-state index in [1.54, 1.807) is 6.07 Å². The zero-order valence-corrected chi connectivity index (χ0v) is 9.51. The van der Waals surface area contributed by atoms with Gasteiger partial charge in [0.15, 0.2) is 11.6 Å². The molecule has 1 aromatic rings. The summed E-state index contributed by atoms with van der Waals surface area (Å²) in [6.07, 6.45) is 0.851. The summed E-state index contributed by atoms with van der Waals surface area (Å²) in [7, 11) is 1.48. The number of halogens is 1. The Labute approximate surface area is 90.2 Å². The van der Waals surface area contributed by atoms with Gasteiger partial charge in [-0.1, -0.05) is 26.0 Å². The van der Waals surface area contributed by atoms with Crippen molar-refractivity contribution in [3.8, 4) is 5.75 Å². The number of para-hydroxylation sites is 1. The minimum atomic E-state index is -0.330. The van der Waals surface area contributed by atoms with Gasteiger partial charge in [0.05, 0.1) is 7.11 Å². The monoisotopic (exact) mass is 211 g/mol. The summed E-state index contributed by atoms with van der Waals surface area (Å²) in [4.78, 5) is 0. The number of hydrogen-bond acceptors (Lipinski definition) is 2. The van der Waals surface area contributed by atoms with Crippen molar-refractivity contribution < 1.29 is 9.13 Å². The fourth-order valence-electron chi connectivity index (χ4n) is 1.64. The predicted octanol–water partition coefficient (Wildman–Crippen LogP) is 2.46. The van der Waals surface area contributed by atoms with Crippen LogP contribution in [0.4, 0.5) is 4.39 Å². The Kier molecular flexibility index (Phi) is 3.69. The molecule has 0 aliphatic carbocycles. The Morgan fingerprint density at radius 3 is 2.60 bits per heavy atom. The van der Waals surface area contributed by atoms with Crippen molar-refractivity contribution in [2.24, 2.45) is 5.73 Å². The van der Waals surface area contributed by atoms with Crippen LogP contribution in [-0.2, 0) is 5.41 Å². The van der Waals surface area contributed by atoms with Gasteiger partial charge >= 0.3 is 0 Å². The summed E-state index contributed by atoms with van der Waals surface area (Å²) in [6, 6.07) is 4.96. The van der Waals surface area contributed by atoms with Crippen LogP contribution >= 0.6 is 0 Å². The second kappa shape index (κ2) is 4.62. The molecule has 0 saturated carbocycles. The zero-order valence-electron chi connectivity index (χ0n) is 9.51. The molecule has 1 rings (SSSR count). The van der Waals surface area contributed by atoms with E-state index in [0.717, 1.165) is 12.0 Å². The highest BCUT2D eigenvalue weighted by atomic mass is 19.1. The molecule has 15 heavy (non-hydrogen) atoms. The van der Waals surface area contributed by atoms with Crippen molar-refractivity contribution in [3.05, 3.63) is 29.6 Å². The molecular weight excluding hydrogens is 193 g/mol. The lowest BCUT2D eigenvalue weighted by Gasteiger charge is -2.28. The first-order chi connectivity index (χ1) is 7.09. The average Bonchev–Trinajstić information content (AvgIpc) is 2.27. The molecule has 1 unspecified atom stereocenters. The highest BCUT2D eigenvalue weighted by Gasteiger charge is 2.27. The highest BCUT2D eigenvalue weighted by Crippen LogP contribution is 2.35. The van der Waals surface area contributed by atoms with Crippen LogP contribution in [0.3, 0.4) is 0 Å². The highest BCUT2D eigenvalue weighted by molar-refractivity contribution is 5.40. The van der Waals surface area contributed by atoms with Gasteiger partial charge in [-0.25, -0.2) is 4.39 Å². The van der Waals surface area contributed by atoms with E-state index in [1.165, 1.54) is 13.2 Å². The maximum absolute atomic E-state index is 13.5. The van der Waals surface area contributed by atoms with E-state index in [4.69, 9.17) is 10.5 Å². The third-order valence-corrected chi connectivity index (χ3v) is 3.05. The van der Waals surface area contributed by atoms with Crippen LogP contribution < -0.4 is 10.5 Å². The maximum atomic E-state index is 13.5. The predicted molar refractivity (Wildman–Crippen MR) is 59.6 cm³/mol. The quantitative estimate of drug-likeness (QED) is 0.830. The summed E-state index contributed by atoms with van der Waals surface area (Å²) >= 11 is 0. The van der Waals surface area contributed by atoms with E-state index in [9.17, 15) is 4.39 Å². The summed E-state index contributed by atoms with van der Waals surface area (Å²) < 4.78 is 18.6. The lowest BCUT2D eigenvalue weighted by molar-refractivity contribution is 0.359. The Morgan fingerprint density at radius 1 is 1.47 bits per heavy atom. The molecule has 0 fully saturated rings. The topological polar surface area (TPSA) is 35.2 Å². The molecule has 0 aromatic heterocycles. The molecule has 2 N–H and O–H groups in total. The Hall–Kier alpha value is -1.09. The fraction of sp³-hybridized carbons (Fsp3) is 0.500. The van der Waals surface area contributed by atoms with E-state index in [2.05, 4.69) is 0 Å². The SMILES string of the molecule is CCC(C)(CN)c1cccc(F)c1OC. The van der Waals surface area contributed by atoms with Gasteiger partial charge in [0, 0.05) is 17.5 Å². The molecule has 0 heterocycles. The zero-order chi connectivity index (χ0) is 11.5. The second-order valence-corrected chi connectivity index (χ2v) is 3.94. The van der Waals surface area contributed by atoms with E-state index >= 15 is 0 Å². The first-order valence-corrected chi connectivity index (χ1v) is 5.12. The van der Waals surface area contributed by atoms with E-state index in [1.807, 2.05) is 19.9 Å². The van der Waals surface area contributed by atoms with Crippen LogP contribution in [0.25, 0.3) is 0 Å². The van der Waals surface area contributed by atoms with Crippen LogP contribution in [0.15, 0.2) is 18.2 Å². The molecule has 0 radical (unpaired) electrons. The molecular formula is C12H18FNO. The largest absolute Gasteiger partial charge is 0.493 e. The van der Waals surface area contributed by atoms with Gasteiger partial charge in [-0.05, 0) is 12.5 Å². The molecule has 0 aliphatic rings. The first-order valence-electron chi connectivity index (χ1n) is 5.12. The molecule has 1 aromatic carbocycles. The van der Waals surface area contributed by atoms with Gasteiger partial charge in [-0.15, -0.1) is 0 Å².